The van der Waals surface area contributed by atoms with Crippen molar-refractivity contribution in [3.05, 3.63) is 76.9 Å². The molecule has 0 saturated heterocycles. The van der Waals surface area contributed by atoms with Gasteiger partial charge in [-0.05, 0) is 79.7 Å². The van der Waals surface area contributed by atoms with Crippen LogP contribution in [-0.4, -0.2) is 0 Å². The van der Waals surface area contributed by atoms with E-state index >= 15 is 0 Å². The van der Waals surface area contributed by atoms with Gasteiger partial charge in [-0.2, -0.15) is 0 Å². The van der Waals surface area contributed by atoms with Gasteiger partial charge >= 0.3 is 0 Å². The molecule has 0 heteroatoms. The second-order valence-electron chi connectivity index (χ2n) is 8.80. The van der Waals surface area contributed by atoms with Crippen molar-refractivity contribution in [2.75, 3.05) is 0 Å². The predicted molar refractivity (Wildman–Crippen MR) is 133 cm³/mol. The molecular weight excluding hydrogens is 348 g/mol. The molecule has 29 heavy (non-hydrogen) atoms. The first-order chi connectivity index (χ1) is 13.8. The Labute approximate surface area is 181 Å². The molecule has 0 radical (unpaired) electrons. The molecule has 0 heterocycles. The van der Waals surface area contributed by atoms with Crippen molar-refractivity contribution in [1.82, 2.24) is 0 Å². The molecule has 0 bridgehead atoms. The number of hydrogen-bond donors (Lipinski definition) is 0. The second kappa shape index (κ2) is 13.4. The van der Waals surface area contributed by atoms with Crippen molar-refractivity contribution in [3.8, 4) is 0 Å². The topological polar surface area (TPSA) is 0 Å². The van der Waals surface area contributed by atoms with E-state index in [1.807, 2.05) is 0 Å². The molecular formula is C29H44. The van der Waals surface area contributed by atoms with Crippen molar-refractivity contribution < 1.29 is 0 Å². The lowest BCUT2D eigenvalue weighted by atomic mass is 9.86. The minimum absolute atomic E-state index is 0.659. The average Bonchev–Trinajstić information content (AvgIpc) is 2.71. The largest absolute Gasteiger partial charge is 0.0950 e. The second-order valence-corrected chi connectivity index (χ2v) is 8.80. The van der Waals surface area contributed by atoms with Gasteiger partial charge in [-0.25, -0.2) is 0 Å². The van der Waals surface area contributed by atoms with Crippen molar-refractivity contribution in [1.29, 1.82) is 0 Å². The fourth-order valence-corrected chi connectivity index (χ4v) is 3.64. The Morgan fingerprint density at radius 1 is 0.828 bits per heavy atom. The van der Waals surface area contributed by atoms with Gasteiger partial charge in [0.1, 0.15) is 0 Å². The van der Waals surface area contributed by atoms with Gasteiger partial charge in [-0.15, -0.1) is 0 Å². The van der Waals surface area contributed by atoms with Gasteiger partial charge in [0, 0.05) is 0 Å². The van der Waals surface area contributed by atoms with E-state index in [9.17, 15) is 0 Å². The fraction of sp³-hybridized carbons (Fsp3) is 0.517. The van der Waals surface area contributed by atoms with Crippen molar-refractivity contribution in [2.45, 2.75) is 87.0 Å². The van der Waals surface area contributed by atoms with Crippen LogP contribution in [-0.2, 0) is 6.42 Å². The van der Waals surface area contributed by atoms with Gasteiger partial charge in [0.15, 0.2) is 0 Å². The van der Waals surface area contributed by atoms with Gasteiger partial charge in [0.2, 0.25) is 0 Å². The number of allylic oxidation sites excluding steroid dienone is 1. The summed E-state index contributed by atoms with van der Waals surface area (Å²) in [6.45, 7) is 19.9. The van der Waals surface area contributed by atoms with E-state index in [1.165, 1.54) is 71.9 Å². The highest BCUT2D eigenvalue weighted by molar-refractivity contribution is 5.66. The van der Waals surface area contributed by atoms with E-state index in [2.05, 4.69) is 97.5 Å². The zero-order valence-corrected chi connectivity index (χ0v) is 20.1. The van der Waals surface area contributed by atoms with E-state index in [0.29, 0.717) is 5.92 Å². The van der Waals surface area contributed by atoms with Crippen LogP contribution in [0, 0.1) is 32.6 Å². The molecule has 2 aromatic rings. The van der Waals surface area contributed by atoms with E-state index in [1.54, 1.807) is 0 Å². The third kappa shape index (κ3) is 9.03. The molecule has 0 fully saturated rings. The summed E-state index contributed by atoms with van der Waals surface area (Å²) in [5, 5.41) is 0. The summed E-state index contributed by atoms with van der Waals surface area (Å²) >= 11 is 0. The molecule has 0 N–H and O–H groups in total. The zero-order valence-electron chi connectivity index (χ0n) is 20.1. The molecule has 0 aliphatic heterocycles. The van der Waals surface area contributed by atoms with Crippen LogP contribution in [0.2, 0.25) is 0 Å². The highest BCUT2D eigenvalue weighted by atomic mass is 14.2. The number of hydrogen-bond acceptors (Lipinski definition) is 0. The standard InChI is InChI=1S/C17H26.C12H18/c1-6-8-16(9-7-2)15(5)17-11-10-13(3)14(4)12-17;1-4-10(2)9-12-7-5-11(3)6-8-12/h10-12,16H,5-9H2,1-4H3;5-8,10H,4,9H2,1-3H3. The normalized spacial score (nSPS) is 11.7. The maximum atomic E-state index is 4.33. The third-order valence-electron chi connectivity index (χ3n) is 6.05. The third-order valence-corrected chi connectivity index (χ3v) is 6.05. The summed E-state index contributed by atoms with van der Waals surface area (Å²) in [5.74, 6) is 1.47. The average molecular weight is 393 g/mol. The zero-order chi connectivity index (χ0) is 21.8. The van der Waals surface area contributed by atoms with Crippen LogP contribution in [0.1, 0.15) is 87.6 Å². The molecule has 0 aromatic heterocycles. The maximum absolute atomic E-state index is 4.33. The Morgan fingerprint density at radius 2 is 1.41 bits per heavy atom. The van der Waals surface area contributed by atoms with Crippen LogP contribution in [0.3, 0.4) is 0 Å². The lowest BCUT2D eigenvalue weighted by molar-refractivity contribution is 0.544. The molecule has 2 aromatic carbocycles. The van der Waals surface area contributed by atoms with Crippen LogP contribution >= 0.6 is 0 Å². The summed E-state index contributed by atoms with van der Waals surface area (Å²) in [4.78, 5) is 0. The van der Waals surface area contributed by atoms with Gasteiger partial charge in [0.05, 0.1) is 0 Å². The van der Waals surface area contributed by atoms with Crippen LogP contribution < -0.4 is 0 Å². The lowest BCUT2D eigenvalue weighted by Gasteiger charge is -2.19. The highest BCUT2D eigenvalue weighted by Crippen LogP contribution is 2.30. The van der Waals surface area contributed by atoms with Crippen molar-refractivity contribution >= 4 is 5.57 Å². The van der Waals surface area contributed by atoms with Crippen molar-refractivity contribution in [3.63, 3.8) is 0 Å². The molecule has 0 spiro atoms. The van der Waals surface area contributed by atoms with E-state index < -0.39 is 0 Å². The first-order valence-electron chi connectivity index (χ1n) is 11.6. The monoisotopic (exact) mass is 392 g/mol. The first kappa shape index (κ1) is 25.2. The van der Waals surface area contributed by atoms with Gasteiger partial charge in [-0.1, -0.05) is 102 Å². The quantitative estimate of drug-likeness (QED) is 0.399. The predicted octanol–water partition coefficient (Wildman–Crippen LogP) is 9.12. The molecule has 1 unspecified atom stereocenters. The number of rotatable bonds is 9. The van der Waals surface area contributed by atoms with Gasteiger partial charge < -0.3 is 0 Å². The van der Waals surface area contributed by atoms with Gasteiger partial charge in [-0.3, -0.25) is 0 Å². The molecule has 160 valence electrons. The lowest BCUT2D eigenvalue weighted by Crippen LogP contribution is -2.03. The molecule has 0 amide bonds. The maximum Gasteiger partial charge on any atom is -0.0162 e. The highest BCUT2D eigenvalue weighted by Gasteiger charge is 2.13. The van der Waals surface area contributed by atoms with Crippen LogP contribution in [0.25, 0.3) is 5.57 Å². The Kier molecular flexibility index (Phi) is 11.7. The molecule has 0 aliphatic carbocycles. The first-order valence-corrected chi connectivity index (χ1v) is 11.6. The summed E-state index contributed by atoms with van der Waals surface area (Å²) < 4.78 is 0. The van der Waals surface area contributed by atoms with E-state index in [4.69, 9.17) is 0 Å². The Bertz CT molecular complexity index is 714. The number of aryl methyl sites for hydroxylation is 3. The smallest absolute Gasteiger partial charge is 0.0162 e. The Hall–Kier alpha value is -1.82. The Balaban J connectivity index is 0.000000308. The summed E-state index contributed by atoms with van der Waals surface area (Å²) in [6, 6.07) is 15.6. The van der Waals surface area contributed by atoms with Crippen LogP contribution in [0.4, 0.5) is 0 Å². The summed E-state index contributed by atoms with van der Waals surface area (Å²) in [7, 11) is 0. The van der Waals surface area contributed by atoms with Crippen LogP contribution in [0.15, 0.2) is 49.0 Å². The minimum atomic E-state index is 0.659. The SMILES string of the molecule is C=C(c1ccc(C)c(C)c1)C(CCC)CCC.CCC(C)Cc1ccc(C)cc1. The van der Waals surface area contributed by atoms with E-state index in [0.717, 1.165) is 5.92 Å². The van der Waals surface area contributed by atoms with Crippen LogP contribution in [0.5, 0.6) is 0 Å². The van der Waals surface area contributed by atoms with Crippen molar-refractivity contribution in [2.24, 2.45) is 11.8 Å². The number of benzene rings is 2. The molecule has 1 atom stereocenters. The summed E-state index contributed by atoms with van der Waals surface area (Å²) in [6.07, 6.45) is 7.51. The molecule has 2 rings (SSSR count). The molecule has 0 nitrogen and oxygen atoms in total. The van der Waals surface area contributed by atoms with Gasteiger partial charge in [0.25, 0.3) is 0 Å². The fourth-order valence-electron chi connectivity index (χ4n) is 3.64. The van der Waals surface area contributed by atoms with E-state index in [-0.39, 0.29) is 0 Å². The Morgan fingerprint density at radius 3 is 1.90 bits per heavy atom. The molecule has 0 aliphatic rings. The minimum Gasteiger partial charge on any atom is -0.0950 e. The molecule has 0 saturated carbocycles. The summed E-state index contributed by atoms with van der Waals surface area (Å²) in [5.41, 5.74) is 8.22.